The molecule has 0 aliphatic carbocycles. The molecule has 0 amide bonds. The van der Waals surface area contributed by atoms with Gasteiger partial charge in [0.05, 0.1) is 6.04 Å². The molecule has 20 heavy (non-hydrogen) atoms. The van der Waals surface area contributed by atoms with Crippen LogP contribution in [0.15, 0.2) is 33.2 Å². The van der Waals surface area contributed by atoms with Gasteiger partial charge in [-0.3, -0.25) is 4.90 Å². The largest absolute Gasteiger partial charge is 0.459 e. The molecule has 0 radical (unpaired) electrons. The summed E-state index contributed by atoms with van der Waals surface area (Å²) in [5.41, 5.74) is 1.11. The SMILES string of the molecule is CC(c1cc2cc(Br)ccc2o1)N1CCNCC1(C)C. The van der Waals surface area contributed by atoms with E-state index in [1.807, 2.05) is 12.1 Å². The maximum Gasteiger partial charge on any atom is 0.134 e. The van der Waals surface area contributed by atoms with Gasteiger partial charge in [-0.2, -0.15) is 0 Å². The molecule has 2 heterocycles. The second kappa shape index (κ2) is 5.17. The van der Waals surface area contributed by atoms with Crippen LogP contribution in [0, 0.1) is 0 Å². The van der Waals surface area contributed by atoms with Crippen molar-refractivity contribution in [1.82, 2.24) is 10.2 Å². The summed E-state index contributed by atoms with van der Waals surface area (Å²) in [7, 11) is 0. The summed E-state index contributed by atoms with van der Waals surface area (Å²) in [5.74, 6) is 1.05. The van der Waals surface area contributed by atoms with E-state index in [4.69, 9.17) is 4.42 Å². The van der Waals surface area contributed by atoms with Gasteiger partial charge in [-0.05, 0) is 45.0 Å². The molecular weight excluding hydrogens is 316 g/mol. The molecule has 1 aromatic heterocycles. The second-order valence-corrected chi connectivity index (χ2v) is 7.11. The first-order valence-electron chi connectivity index (χ1n) is 7.14. The lowest BCUT2D eigenvalue weighted by molar-refractivity contribution is 0.0434. The lowest BCUT2D eigenvalue weighted by Crippen LogP contribution is -2.58. The van der Waals surface area contributed by atoms with Crippen molar-refractivity contribution in [3.05, 3.63) is 34.5 Å². The zero-order valence-electron chi connectivity index (χ0n) is 12.2. The Kier molecular flexibility index (Phi) is 3.65. The Balaban J connectivity index is 1.93. The van der Waals surface area contributed by atoms with E-state index >= 15 is 0 Å². The van der Waals surface area contributed by atoms with Gasteiger partial charge < -0.3 is 9.73 Å². The van der Waals surface area contributed by atoms with Gasteiger partial charge in [0, 0.05) is 35.0 Å². The van der Waals surface area contributed by atoms with Crippen molar-refractivity contribution in [2.75, 3.05) is 19.6 Å². The number of nitrogens with one attached hydrogen (secondary N) is 1. The maximum atomic E-state index is 6.05. The van der Waals surface area contributed by atoms with Crippen molar-refractivity contribution < 1.29 is 4.42 Å². The Bertz CT molecular complexity index is 620. The van der Waals surface area contributed by atoms with Gasteiger partial charge in [0.15, 0.2) is 0 Å². The predicted octanol–water partition coefficient (Wildman–Crippen LogP) is 3.94. The van der Waals surface area contributed by atoms with Gasteiger partial charge in [-0.1, -0.05) is 15.9 Å². The van der Waals surface area contributed by atoms with Crippen LogP contribution in [0.2, 0.25) is 0 Å². The van der Waals surface area contributed by atoms with Gasteiger partial charge in [-0.15, -0.1) is 0 Å². The van der Waals surface area contributed by atoms with Gasteiger partial charge in [0.25, 0.3) is 0 Å². The Labute approximate surface area is 128 Å². The van der Waals surface area contributed by atoms with Crippen LogP contribution < -0.4 is 5.32 Å². The molecule has 1 N–H and O–H groups in total. The Morgan fingerprint density at radius 1 is 1.35 bits per heavy atom. The highest BCUT2D eigenvalue weighted by molar-refractivity contribution is 9.10. The van der Waals surface area contributed by atoms with Crippen molar-refractivity contribution in [1.29, 1.82) is 0 Å². The number of hydrogen-bond donors (Lipinski definition) is 1. The van der Waals surface area contributed by atoms with Crippen LogP contribution in [0.4, 0.5) is 0 Å². The molecule has 4 heteroatoms. The average Bonchev–Trinajstić information content (AvgIpc) is 2.80. The first-order valence-corrected chi connectivity index (χ1v) is 7.93. The van der Waals surface area contributed by atoms with E-state index in [9.17, 15) is 0 Å². The van der Waals surface area contributed by atoms with E-state index in [2.05, 4.69) is 59.1 Å². The minimum absolute atomic E-state index is 0.150. The third-order valence-electron chi connectivity index (χ3n) is 4.24. The molecule has 1 aliphatic heterocycles. The average molecular weight is 337 g/mol. The Morgan fingerprint density at radius 3 is 2.90 bits per heavy atom. The van der Waals surface area contributed by atoms with E-state index in [-0.39, 0.29) is 5.54 Å². The maximum absolute atomic E-state index is 6.05. The van der Waals surface area contributed by atoms with Crippen LogP contribution >= 0.6 is 15.9 Å². The molecule has 1 aliphatic rings. The van der Waals surface area contributed by atoms with Gasteiger partial charge in [-0.25, -0.2) is 0 Å². The second-order valence-electron chi connectivity index (χ2n) is 6.19. The van der Waals surface area contributed by atoms with Crippen LogP contribution in [0.1, 0.15) is 32.6 Å². The molecule has 0 bridgehead atoms. The molecule has 1 saturated heterocycles. The first kappa shape index (κ1) is 14.1. The quantitative estimate of drug-likeness (QED) is 0.900. The van der Waals surface area contributed by atoms with E-state index in [0.29, 0.717) is 6.04 Å². The fourth-order valence-corrected chi connectivity index (χ4v) is 3.49. The third-order valence-corrected chi connectivity index (χ3v) is 4.73. The highest BCUT2D eigenvalue weighted by Crippen LogP contribution is 2.33. The summed E-state index contributed by atoms with van der Waals surface area (Å²) in [4.78, 5) is 2.52. The zero-order chi connectivity index (χ0) is 14.3. The lowest BCUT2D eigenvalue weighted by Gasteiger charge is -2.45. The van der Waals surface area contributed by atoms with Crippen molar-refractivity contribution in [3.63, 3.8) is 0 Å². The summed E-state index contributed by atoms with van der Waals surface area (Å²) in [6.07, 6.45) is 0. The van der Waals surface area contributed by atoms with E-state index in [0.717, 1.165) is 40.8 Å². The summed E-state index contributed by atoms with van der Waals surface area (Å²) in [5, 5.41) is 4.63. The Morgan fingerprint density at radius 2 is 2.15 bits per heavy atom. The number of furan rings is 1. The normalized spacial score (nSPS) is 21.2. The molecule has 1 unspecified atom stereocenters. The van der Waals surface area contributed by atoms with Crippen molar-refractivity contribution in [2.45, 2.75) is 32.4 Å². The third kappa shape index (κ3) is 2.52. The van der Waals surface area contributed by atoms with Crippen LogP contribution in [0.3, 0.4) is 0 Å². The summed E-state index contributed by atoms with van der Waals surface area (Å²) in [6.45, 7) is 9.92. The summed E-state index contributed by atoms with van der Waals surface area (Å²) >= 11 is 3.51. The van der Waals surface area contributed by atoms with E-state index in [1.165, 1.54) is 0 Å². The summed E-state index contributed by atoms with van der Waals surface area (Å²) < 4.78 is 7.14. The van der Waals surface area contributed by atoms with E-state index < -0.39 is 0 Å². The topological polar surface area (TPSA) is 28.4 Å². The van der Waals surface area contributed by atoms with Crippen molar-refractivity contribution in [3.8, 4) is 0 Å². The molecule has 3 nitrogen and oxygen atoms in total. The van der Waals surface area contributed by atoms with E-state index in [1.54, 1.807) is 0 Å². The minimum atomic E-state index is 0.150. The van der Waals surface area contributed by atoms with Crippen LogP contribution in [0.25, 0.3) is 11.0 Å². The molecular formula is C16H21BrN2O. The number of fused-ring (bicyclic) bond motifs is 1. The van der Waals surface area contributed by atoms with Crippen LogP contribution in [0.5, 0.6) is 0 Å². The molecule has 108 valence electrons. The number of piperazine rings is 1. The molecule has 1 aromatic carbocycles. The smallest absolute Gasteiger partial charge is 0.134 e. The standard InChI is InChI=1S/C16H21BrN2O/c1-11(19-7-6-18-10-16(19,2)3)15-9-12-8-13(17)4-5-14(12)20-15/h4-5,8-9,11,18H,6-7,10H2,1-3H3. The van der Waals surface area contributed by atoms with Crippen molar-refractivity contribution >= 4 is 26.9 Å². The van der Waals surface area contributed by atoms with Crippen molar-refractivity contribution in [2.24, 2.45) is 0 Å². The summed E-state index contributed by atoms with van der Waals surface area (Å²) in [6, 6.07) is 8.62. The number of nitrogens with zero attached hydrogens (tertiary/aromatic N) is 1. The van der Waals surface area contributed by atoms with Gasteiger partial charge >= 0.3 is 0 Å². The fourth-order valence-electron chi connectivity index (χ4n) is 3.11. The Hall–Kier alpha value is -0.840. The zero-order valence-corrected chi connectivity index (χ0v) is 13.8. The molecule has 3 rings (SSSR count). The predicted molar refractivity (Wildman–Crippen MR) is 86.0 cm³/mol. The minimum Gasteiger partial charge on any atom is -0.459 e. The lowest BCUT2D eigenvalue weighted by atomic mass is 9.97. The molecule has 1 atom stereocenters. The van der Waals surface area contributed by atoms with Crippen LogP contribution in [-0.2, 0) is 0 Å². The monoisotopic (exact) mass is 336 g/mol. The molecule has 2 aromatic rings. The fraction of sp³-hybridized carbons (Fsp3) is 0.500. The first-order chi connectivity index (χ1) is 9.47. The van der Waals surface area contributed by atoms with Crippen LogP contribution in [-0.4, -0.2) is 30.1 Å². The number of benzene rings is 1. The highest BCUT2D eigenvalue weighted by Gasteiger charge is 2.34. The number of rotatable bonds is 2. The van der Waals surface area contributed by atoms with Gasteiger partial charge in [0.1, 0.15) is 11.3 Å². The molecule has 0 spiro atoms. The highest BCUT2D eigenvalue weighted by atomic mass is 79.9. The molecule has 1 fully saturated rings. The number of hydrogen-bond acceptors (Lipinski definition) is 3. The van der Waals surface area contributed by atoms with Gasteiger partial charge in [0.2, 0.25) is 0 Å². The molecule has 0 saturated carbocycles. The number of halogens is 1.